The largest absolute Gasteiger partial charge is 0.433 e. The van der Waals surface area contributed by atoms with E-state index < -0.39 is 41.5 Å². The van der Waals surface area contributed by atoms with E-state index in [0.29, 0.717) is 6.20 Å². The molecule has 0 saturated heterocycles. The van der Waals surface area contributed by atoms with Gasteiger partial charge in [0.2, 0.25) is 5.91 Å². The zero-order chi connectivity index (χ0) is 14.8. The van der Waals surface area contributed by atoms with Crippen LogP contribution in [0.1, 0.15) is 23.2 Å². The number of hydrogen-bond acceptors (Lipinski definition) is 2. The Bertz CT molecular complexity index is 480. The molecular formula is C10H7F6N2O. The Morgan fingerprint density at radius 3 is 2.21 bits per heavy atom. The van der Waals surface area contributed by atoms with Gasteiger partial charge in [0.05, 0.1) is 5.56 Å². The lowest BCUT2D eigenvalue weighted by Crippen LogP contribution is -2.16. The van der Waals surface area contributed by atoms with Gasteiger partial charge in [-0.2, -0.15) is 26.3 Å². The molecule has 1 aromatic rings. The van der Waals surface area contributed by atoms with Crippen molar-refractivity contribution in [3.8, 4) is 0 Å². The standard InChI is InChI=1S/C10H7F6N2O/c11-9(12,13)6-3-7(10(14,15)16)18-4-5(6)1-2-8(17)19/h1,3-4H,2H2,(H2,17,19). The van der Waals surface area contributed by atoms with Crippen LogP contribution in [-0.2, 0) is 17.1 Å². The number of hydrogen-bond donors (Lipinski definition) is 1. The number of primary amides is 1. The van der Waals surface area contributed by atoms with Crippen molar-refractivity contribution >= 4 is 5.91 Å². The Kier molecular flexibility index (Phi) is 4.06. The summed E-state index contributed by atoms with van der Waals surface area (Å²) in [5.41, 5.74) is 0.947. The number of aromatic nitrogens is 1. The molecule has 0 unspecified atom stereocenters. The van der Waals surface area contributed by atoms with Crippen LogP contribution in [0.15, 0.2) is 12.3 Å². The van der Waals surface area contributed by atoms with Crippen molar-refractivity contribution in [3.05, 3.63) is 35.5 Å². The second-order valence-electron chi connectivity index (χ2n) is 3.53. The van der Waals surface area contributed by atoms with Gasteiger partial charge in [0.1, 0.15) is 5.69 Å². The first-order valence-corrected chi connectivity index (χ1v) is 4.78. The van der Waals surface area contributed by atoms with E-state index in [-0.39, 0.29) is 6.07 Å². The summed E-state index contributed by atoms with van der Waals surface area (Å²) in [6, 6.07) is -0.104. The lowest BCUT2D eigenvalue weighted by molar-refractivity contribution is -0.145. The Morgan fingerprint density at radius 2 is 1.79 bits per heavy atom. The van der Waals surface area contributed by atoms with E-state index in [0.717, 1.165) is 6.42 Å². The molecule has 0 spiro atoms. The van der Waals surface area contributed by atoms with Crippen LogP contribution in [0, 0.1) is 6.42 Å². The number of alkyl halides is 6. The van der Waals surface area contributed by atoms with E-state index in [4.69, 9.17) is 5.73 Å². The number of amides is 1. The lowest BCUT2D eigenvalue weighted by atomic mass is 10.0. The molecule has 0 fully saturated rings. The van der Waals surface area contributed by atoms with Crippen LogP contribution in [0.25, 0.3) is 0 Å². The number of halogens is 6. The van der Waals surface area contributed by atoms with Gasteiger partial charge in [-0.3, -0.25) is 9.78 Å². The molecule has 0 saturated carbocycles. The zero-order valence-corrected chi connectivity index (χ0v) is 9.14. The summed E-state index contributed by atoms with van der Waals surface area (Å²) in [7, 11) is 0. The molecule has 1 radical (unpaired) electrons. The normalized spacial score (nSPS) is 12.5. The number of rotatable bonds is 3. The van der Waals surface area contributed by atoms with E-state index >= 15 is 0 Å². The quantitative estimate of drug-likeness (QED) is 0.868. The summed E-state index contributed by atoms with van der Waals surface area (Å²) in [5, 5.41) is 0. The minimum Gasteiger partial charge on any atom is -0.370 e. The minimum atomic E-state index is -4.99. The zero-order valence-electron chi connectivity index (χ0n) is 9.14. The first kappa shape index (κ1) is 15.3. The smallest absolute Gasteiger partial charge is 0.370 e. The maximum atomic E-state index is 12.6. The number of carbonyl (C=O) groups is 1. The predicted octanol–water partition coefficient (Wildman–Crippen LogP) is 2.55. The molecule has 0 atom stereocenters. The monoisotopic (exact) mass is 285 g/mol. The summed E-state index contributed by atoms with van der Waals surface area (Å²) in [5.74, 6) is -0.909. The lowest BCUT2D eigenvalue weighted by Gasteiger charge is -2.14. The highest BCUT2D eigenvalue weighted by molar-refractivity contribution is 5.75. The second kappa shape index (κ2) is 5.06. The molecule has 9 heteroatoms. The van der Waals surface area contributed by atoms with Crippen LogP contribution in [0.3, 0.4) is 0 Å². The molecule has 3 nitrogen and oxygen atoms in total. The molecule has 0 aromatic carbocycles. The van der Waals surface area contributed by atoms with Gasteiger partial charge in [-0.05, 0) is 11.6 Å². The molecule has 105 valence electrons. The van der Waals surface area contributed by atoms with E-state index in [2.05, 4.69) is 4.98 Å². The number of carbonyl (C=O) groups excluding carboxylic acids is 1. The van der Waals surface area contributed by atoms with Gasteiger partial charge < -0.3 is 5.73 Å². The third kappa shape index (κ3) is 4.11. The molecular weight excluding hydrogens is 278 g/mol. The maximum absolute atomic E-state index is 12.6. The fraction of sp³-hybridized carbons (Fsp3) is 0.300. The van der Waals surface area contributed by atoms with Crippen LogP contribution < -0.4 is 5.73 Å². The summed E-state index contributed by atoms with van der Waals surface area (Å²) < 4.78 is 74.7. The highest BCUT2D eigenvalue weighted by Crippen LogP contribution is 2.36. The van der Waals surface area contributed by atoms with Crippen LogP contribution >= 0.6 is 0 Å². The van der Waals surface area contributed by atoms with E-state index in [1.807, 2.05) is 0 Å². The Labute approximate surface area is 103 Å². The Hall–Kier alpha value is -1.80. The average Bonchev–Trinajstić information content (AvgIpc) is 2.23. The number of nitrogens with zero attached hydrogens (tertiary/aromatic N) is 1. The van der Waals surface area contributed by atoms with Gasteiger partial charge in [-0.15, -0.1) is 0 Å². The summed E-state index contributed by atoms with van der Waals surface area (Å²) >= 11 is 0. The Morgan fingerprint density at radius 1 is 1.21 bits per heavy atom. The molecule has 0 bridgehead atoms. The predicted molar refractivity (Wildman–Crippen MR) is 51.5 cm³/mol. The van der Waals surface area contributed by atoms with Gasteiger partial charge >= 0.3 is 12.4 Å². The highest BCUT2D eigenvalue weighted by Gasteiger charge is 2.39. The molecule has 19 heavy (non-hydrogen) atoms. The van der Waals surface area contributed by atoms with Crippen molar-refractivity contribution in [2.75, 3.05) is 0 Å². The van der Waals surface area contributed by atoms with Gasteiger partial charge in [0.15, 0.2) is 0 Å². The minimum absolute atomic E-state index is 0.104. The van der Waals surface area contributed by atoms with Crippen LogP contribution in [0.2, 0.25) is 0 Å². The van der Waals surface area contributed by atoms with E-state index in [9.17, 15) is 31.1 Å². The van der Waals surface area contributed by atoms with Gasteiger partial charge in [0.25, 0.3) is 0 Å². The molecule has 1 amide bonds. The molecule has 0 aliphatic rings. The summed E-state index contributed by atoms with van der Waals surface area (Å²) in [4.78, 5) is 13.4. The number of nitrogens with two attached hydrogens (primary N) is 1. The highest BCUT2D eigenvalue weighted by atomic mass is 19.4. The third-order valence-corrected chi connectivity index (χ3v) is 2.05. The second-order valence-corrected chi connectivity index (χ2v) is 3.53. The van der Waals surface area contributed by atoms with Gasteiger partial charge in [0, 0.05) is 19.0 Å². The third-order valence-electron chi connectivity index (χ3n) is 2.05. The van der Waals surface area contributed by atoms with Crippen molar-refractivity contribution in [3.63, 3.8) is 0 Å². The van der Waals surface area contributed by atoms with Crippen molar-refractivity contribution in [1.82, 2.24) is 4.98 Å². The van der Waals surface area contributed by atoms with E-state index in [1.165, 1.54) is 0 Å². The SMILES string of the molecule is NC(=O)C[CH]c1cnc(C(F)(F)F)cc1C(F)(F)F. The Balaban J connectivity index is 3.22. The van der Waals surface area contributed by atoms with Crippen LogP contribution in [-0.4, -0.2) is 10.9 Å². The van der Waals surface area contributed by atoms with Crippen molar-refractivity contribution < 1.29 is 31.1 Å². The molecule has 2 N–H and O–H groups in total. The van der Waals surface area contributed by atoms with Crippen LogP contribution in [0.5, 0.6) is 0 Å². The summed E-state index contributed by atoms with van der Waals surface area (Å²) in [6.07, 6.45) is -9.32. The van der Waals surface area contributed by atoms with E-state index in [1.54, 1.807) is 0 Å². The topological polar surface area (TPSA) is 56.0 Å². The average molecular weight is 285 g/mol. The van der Waals surface area contributed by atoms with Crippen LogP contribution in [0.4, 0.5) is 26.3 Å². The molecule has 1 heterocycles. The first-order chi connectivity index (χ1) is 8.51. The van der Waals surface area contributed by atoms with Gasteiger partial charge in [-0.25, -0.2) is 0 Å². The summed E-state index contributed by atoms with van der Waals surface area (Å²) in [6.45, 7) is 0. The first-order valence-electron chi connectivity index (χ1n) is 4.78. The molecule has 0 aliphatic heterocycles. The fourth-order valence-corrected chi connectivity index (χ4v) is 1.24. The fourth-order valence-electron chi connectivity index (χ4n) is 1.24. The van der Waals surface area contributed by atoms with Gasteiger partial charge in [-0.1, -0.05) is 0 Å². The molecule has 1 aromatic heterocycles. The van der Waals surface area contributed by atoms with Crippen molar-refractivity contribution in [1.29, 1.82) is 0 Å². The van der Waals surface area contributed by atoms with Crippen molar-refractivity contribution in [2.45, 2.75) is 18.8 Å². The molecule has 1 rings (SSSR count). The van der Waals surface area contributed by atoms with Crippen molar-refractivity contribution in [2.24, 2.45) is 5.73 Å². The molecule has 0 aliphatic carbocycles. The number of pyridine rings is 1. The maximum Gasteiger partial charge on any atom is 0.433 e.